The van der Waals surface area contributed by atoms with Crippen LogP contribution in [0.4, 0.5) is 0 Å². The van der Waals surface area contributed by atoms with Crippen molar-refractivity contribution in [3.05, 3.63) is 41.5 Å². The van der Waals surface area contributed by atoms with Crippen LogP contribution in [0.1, 0.15) is 30.5 Å². The van der Waals surface area contributed by atoms with Crippen LogP contribution < -0.4 is 0 Å². The van der Waals surface area contributed by atoms with Gasteiger partial charge in [0.15, 0.2) is 0 Å². The van der Waals surface area contributed by atoms with E-state index in [0.29, 0.717) is 0 Å². The summed E-state index contributed by atoms with van der Waals surface area (Å²) in [5.41, 5.74) is 3.85. The second-order valence-corrected chi connectivity index (χ2v) is 7.96. The Balaban J connectivity index is 0.00000112. The van der Waals surface area contributed by atoms with Crippen molar-refractivity contribution in [2.75, 3.05) is 0 Å². The van der Waals surface area contributed by atoms with Crippen molar-refractivity contribution >= 4 is 33.7 Å². The molecule has 1 aromatic rings. The van der Waals surface area contributed by atoms with Gasteiger partial charge in [-0.25, -0.2) is 0 Å². The van der Waals surface area contributed by atoms with Crippen LogP contribution in [-0.4, -0.2) is 27.7 Å². The molecule has 15 heavy (non-hydrogen) atoms. The minimum absolute atomic E-state index is 0. The SMILES string of the molecule is CC[SiH](CC)C1C=Cc2ccccc21.[Li]. The summed E-state index contributed by atoms with van der Waals surface area (Å²) in [6.07, 6.45) is 4.75. The minimum atomic E-state index is -0.568. The van der Waals surface area contributed by atoms with Crippen molar-refractivity contribution in [3.63, 3.8) is 0 Å². The molecule has 0 aliphatic heterocycles. The van der Waals surface area contributed by atoms with Crippen molar-refractivity contribution in [2.45, 2.75) is 31.5 Å². The van der Waals surface area contributed by atoms with E-state index in [4.69, 9.17) is 0 Å². The monoisotopic (exact) mass is 209 g/mol. The molecule has 0 saturated carbocycles. The van der Waals surface area contributed by atoms with E-state index in [-0.39, 0.29) is 18.9 Å². The molecule has 2 rings (SSSR count). The molecule has 1 unspecified atom stereocenters. The molecule has 0 heterocycles. The summed E-state index contributed by atoms with van der Waals surface area (Å²) in [6, 6.07) is 11.7. The van der Waals surface area contributed by atoms with E-state index in [2.05, 4.69) is 50.3 Å². The van der Waals surface area contributed by atoms with Crippen molar-refractivity contribution in [1.82, 2.24) is 0 Å². The molecule has 0 bridgehead atoms. The minimum Gasteiger partial charge on any atom is -0.0794 e. The summed E-state index contributed by atoms with van der Waals surface area (Å²) in [6.45, 7) is 4.71. The first-order valence-corrected chi connectivity index (χ1v) is 7.94. The third-order valence-electron chi connectivity index (χ3n) is 3.39. The summed E-state index contributed by atoms with van der Waals surface area (Å²) in [7, 11) is -0.568. The number of allylic oxidation sites excluding steroid dienone is 1. The smallest absolute Gasteiger partial charge is 0.0491 e. The fraction of sp³-hybridized carbons (Fsp3) is 0.385. The molecule has 1 aromatic carbocycles. The molecule has 0 fully saturated rings. The molecular formula is C13H18LiSi. The maximum absolute atomic E-state index is 2.44. The van der Waals surface area contributed by atoms with Gasteiger partial charge in [0.05, 0.1) is 0 Å². The predicted molar refractivity (Wildman–Crippen MR) is 72.1 cm³/mol. The Kier molecular flexibility index (Phi) is 4.92. The van der Waals surface area contributed by atoms with E-state index in [1.54, 1.807) is 5.56 Å². The topological polar surface area (TPSA) is 0 Å². The summed E-state index contributed by atoms with van der Waals surface area (Å²) < 4.78 is 0. The molecule has 0 spiro atoms. The van der Waals surface area contributed by atoms with Gasteiger partial charge in [-0.15, -0.1) is 0 Å². The molecule has 0 saturated heterocycles. The summed E-state index contributed by atoms with van der Waals surface area (Å²) >= 11 is 0. The summed E-state index contributed by atoms with van der Waals surface area (Å²) in [4.78, 5) is 0. The average Bonchev–Trinajstić information content (AvgIpc) is 2.65. The maximum atomic E-state index is 2.44. The van der Waals surface area contributed by atoms with E-state index in [1.807, 2.05) is 0 Å². The Labute approximate surface area is 107 Å². The standard InChI is InChI=1S/C13H18Si.Li/c1-3-14(4-2)13-10-9-11-7-5-6-8-12(11)13;/h5-10,13-14H,3-4H2,1-2H3;. The third-order valence-corrected chi connectivity index (χ3v) is 7.09. The molecule has 1 aliphatic rings. The summed E-state index contributed by atoms with van der Waals surface area (Å²) in [5.74, 6) is 0. The van der Waals surface area contributed by atoms with Crippen LogP contribution in [0, 0.1) is 0 Å². The fourth-order valence-corrected chi connectivity index (χ4v) is 5.31. The quantitative estimate of drug-likeness (QED) is 0.670. The number of benzene rings is 1. The first-order chi connectivity index (χ1) is 6.86. The average molecular weight is 209 g/mol. The zero-order chi connectivity index (χ0) is 9.97. The zero-order valence-corrected chi connectivity index (χ0v) is 11.2. The Hall–Kier alpha value is -0.226. The second kappa shape index (κ2) is 5.75. The molecular weight excluding hydrogens is 191 g/mol. The van der Waals surface area contributed by atoms with Crippen LogP contribution in [0.25, 0.3) is 6.08 Å². The van der Waals surface area contributed by atoms with Crippen LogP contribution in [-0.2, 0) is 0 Å². The second-order valence-electron chi connectivity index (χ2n) is 4.09. The van der Waals surface area contributed by atoms with Gasteiger partial charge in [0.1, 0.15) is 0 Å². The van der Waals surface area contributed by atoms with Crippen molar-refractivity contribution in [1.29, 1.82) is 0 Å². The molecule has 2 heteroatoms. The Morgan fingerprint density at radius 3 is 2.47 bits per heavy atom. The molecule has 0 nitrogen and oxygen atoms in total. The van der Waals surface area contributed by atoms with Gasteiger partial charge in [-0.1, -0.05) is 62.4 Å². The normalized spacial score (nSPS) is 17.7. The third kappa shape index (κ3) is 2.48. The number of hydrogen-bond acceptors (Lipinski definition) is 0. The molecule has 1 aliphatic carbocycles. The van der Waals surface area contributed by atoms with Crippen molar-refractivity contribution in [2.24, 2.45) is 0 Å². The van der Waals surface area contributed by atoms with Crippen LogP contribution >= 0.6 is 0 Å². The van der Waals surface area contributed by atoms with Gasteiger partial charge in [-0.05, 0) is 16.7 Å². The molecule has 1 radical (unpaired) electrons. The van der Waals surface area contributed by atoms with Gasteiger partial charge in [-0.3, -0.25) is 0 Å². The van der Waals surface area contributed by atoms with E-state index >= 15 is 0 Å². The van der Waals surface area contributed by atoms with Crippen LogP contribution in [0.3, 0.4) is 0 Å². The molecule has 75 valence electrons. The van der Waals surface area contributed by atoms with Crippen molar-refractivity contribution < 1.29 is 0 Å². The van der Waals surface area contributed by atoms with Gasteiger partial charge in [0, 0.05) is 27.7 Å². The van der Waals surface area contributed by atoms with Crippen LogP contribution in [0.5, 0.6) is 0 Å². The van der Waals surface area contributed by atoms with Crippen LogP contribution in [0.2, 0.25) is 12.1 Å². The van der Waals surface area contributed by atoms with E-state index in [9.17, 15) is 0 Å². The van der Waals surface area contributed by atoms with Crippen LogP contribution in [0.15, 0.2) is 30.3 Å². The van der Waals surface area contributed by atoms with Gasteiger partial charge < -0.3 is 0 Å². The zero-order valence-electron chi connectivity index (χ0n) is 10.0. The van der Waals surface area contributed by atoms with Crippen molar-refractivity contribution in [3.8, 4) is 0 Å². The molecule has 0 aromatic heterocycles. The van der Waals surface area contributed by atoms with Gasteiger partial charge in [0.2, 0.25) is 0 Å². The number of rotatable bonds is 3. The fourth-order valence-electron chi connectivity index (χ4n) is 2.48. The van der Waals surface area contributed by atoms with Gasteiger partial charge in [-0.2, -0.15) is 0 Å². The van der Waals surface area contributed by atoms with Gasteiger partial charge in [0.25, 0.3) is 0 Å². The Morgan fingerprint density at radius 1 is 1.13 bits per heavy atom. The Bertz CT molecular complexity index is 342. The maximum Gasteiger partial charge on any atom is 0.0491 e. The Morgan fingerprint density at radius 2 is 1.80 bits per heavy atom. The summed E-state index contributed by atoms with van der Waals surface area (Å²) in [5, 5.41) is 0. The van der Waals surface area contributed by atoms with E-state index in [0.717, 1.165) is 5.54 Å². The van der Waals surface area contributed by atoms with E-state index < -0.39 is 8.80 Å². The first kappa shape index (κ1) is 12.8. The first-order valence-electron chi connectivity index (χ1n) is 5.64. The molecule has 0 N–H and O–H groups in total. The number of fused-ring (bicyclic) bond motifs is 1. The largest absolute Gasteiger partial charge is 0.0794 e. The van der Waals surface area contributed by atoms with Gasteiger partial charge >= 0.3 is 0 Å². The predicted octanol–water partition coefficient (Wildman–Crippen LogP) is 3.22. The van der Waals surface area contributed by atoms with E-state index in [1.165, 1.54) is 17.7 Å². The number of hydrogen-bond donors (Lipinski definition) is 0. The molecule has 1 atom stereocenters. The molecule has 0 amide bonds.